The van der Waals surface area contributed by atoms with Gasteiger partial charge in [-0.3, -0.25) is 4.79 Å². The van der Waals surface area contributed by atoms with Crippen LogP contribution in [0.2, 0.25) is 0 Å². The molecule has 0 saturated heterocycles. The molecule has 0 spiro atoms. The molecule has 0 aliphatic carbocycles. The van der Waals surface area contributed by atoms with Crippen molar-refractivity contribution < 1.29 is 14.7 Å². The number of rotatable bonds is 4. The van der Waals surface area contributed by atoms with Gasteiger partial charge >= 0.3 is 5.97 Å². The van der Waals surface area contributed by atoms with Gasteiger partial charge in [0.25, 0.3) is 5.91 Å². The Morgan fingerprint density at radius 1 is 1.21 bits per heavy atom. The van der Waals surface area contributed by atoms with Crippen molar-refractivity contribution in [2.45, 2.75) is 13.0 Å². The highest BCUT2D eigenvalue weighted by Gasteiger charge is 2.30. The molecule has 2 heterocycles. The van der Waals surface area contributed by atoms with Crippen molar-refractivity contribution in [3.63, 3.8) is 0 Å². The highest BCUT2D eigenvalue weighted by Crippen LogP contribution is 2.35. The van der Waals surface area contributed by atoms with Crippen molar-refractivity contribution in [1.29, 1.82) is 0 Å². The second-order valence-corrected chi connectivity index (χ2v) is 7.51. The first-order valence-corrected chi connectivity index (χ1v) is 9.65. The second-order valence-electron chi connectivity index (χ2n) is 6.65. The van der Waals surface area contributed by atoms with Crippen LogP contribution in [0.4, 0.5) is 11.5 Å². The first-order chi connectivity index (χ1) is 13.9. The molecule has 146 valence electrons. The van der Waals surface area contributed by atoms with Gasteiger partial charge in [0.05, 0.1) is 6.20 Å². The van der Waals surface area contributed by atoms with Gasteiger partial charge < -0.3 is 15.7 Å². The summed E-state index contributed by atoms with van der Waals surface area (Å²) in [5, 5.41) is 19.6. The lowest BCUT2D eigenvalue weighted by Crippen LogP contribution is -2.25. The Morgan fingerprint density at radius 3 is 2.72 bits per heavy atom. The first-order valence-electron chi connectivity index (χ1n) is 8.86. The maximum absolute atomic E-state index is 12.9. The summed E-state index contributed by atoms with van der Waals surface area (Å²) in [6.45, 7) is 1.94. The Hall–Kier alpha value is -3.39. The Labute approximate surface area is 175 Å². The van der Waals surface area contributed by atoms with Crippen LogP contribution >= 0.6 is 15.9 Å². The van der Waals surface area contributed by atoms with Gasteiger partial charge in [0, 0.05) is 10.2 Å². The Bertz CT molecular complexity index is 1150. The summed E-state index contributed by atoms with van der Waals surface area (Å²) in [5.41, 5.74) is 2.76. The van der Waals surface area contributed by atoms with E-state index < -0.39 is 12.0 Å². The van der Waals surface area contributed by atoms with Crippen molar-refractivity contribution in [2.75, 3.05) is 10.6 Å². The minimum absolute atomic E-state index is 0.0108. The van der Waals surface area contributed by atoms with E-state index in [-0.39, 0.29) is 17.2 Å². The fourth-order valence-corrected chi connectivity index (χ4v) is 3.76. The molecule has 8 heteroatoms. The van der Waals surface area contributed by atoms with Gasteiger partial charge in [-0.15, -0.1) is 0 Å². The molecule has 3 aromatic rings. The minimum Gasteiger partial charge on any atom is -0.477 e. The van der Waals surface area contributed by atoms with Crippen LogP contribution in [0.5, 0.6) is 0 Å². The molecule has 1 aromatic heterocycles. The van der Waals surface area contributed by atoms with Crippen molar-refractivity contribution in [3.05, 3.63) is 87.7 Å². The van der Waals surface area contributed by atoms with Crippen molar-refractivity contribution in [1.82, 2.24) is 9.78 Å². The number of nitrogens with zero attached hydrogens (tertiary/aromatic N) is 2. The van der Waals surface area contributed by atoms with Gasteiger partial charge in [0.2, 0.25) is 0 Å². The minimum atomic E-state index is -1.11. The second kappa shape index (κ2) is 7.56. The molecule has 0 fully saturated rings. The lowest BCUT2D eigenvalue weighted by molar-refractivity contribution is -0.132. The van der Waals surface area contributed by atoms with Crippen LogP contribution in [-0.2, 0) is 4.79 Å². The molecule has 1 atom stereocenters. The van der Waals surface area contributed by atoms with E-state index in [1.54, 1.807) is 16.8 Å². The zero-order valence-electron chi connectivity index (χ0n) is 15.4. The molecule has 1 aliphatic rings. The van der Waals surface area contributed by atoms with Crippen molar-refractivity contribution in [2.24, 2.45) is 0 Å². The number of allylic oxidation sites excluding steroid dienone is 1. The number of hydrogen-bond donors (Lipinski definition) is 3. The van der Waals surface area contributed by atoms with E-state index >= 15 is 0 Å². The van der Waals surface area contributed by atoms with Gasteiger partial charge in [-0.25, -0.2) is 9.48 Å². The number of amides is 1. The Morgan fingerprint density at radius 2 is 2.00 bits per heavy atom. The zero-order chi connectivity index (χ0) is 20.5. The molecule has 4 rings (SSSR count). The van der Waals surface area contributed by atoms with E-state index in [9.17, 15) is 14.7 Å². The number of carboxylic acids is 1. The largest absolute Gasteiger partial charge is 0.477 e. The van der Waals surface area contributed by atoms with E-state index in [0.29, 0.717) is 11.5 Å². The van der Waals surface area contributed by atoms with Gasteiger partial charge in [-0.1, -0.05) is 46.3 Å². The van der Waals surface area contributed by atoms with E-state index in [4.69, 9.17) is 0 Å². The summed E-state index contributed by atoms with van der Waals surface area (Å²) >= 11 is 3.51. The third-order valence-electron chi connectivity index (χ3n) is 4.61. The molecule has 0 saturated carbocycles. The maximum atomic E-state index is 12.9. The normalized spacial score (nSPS) is 15.1. The number of aliphatic carboxylic acids is 1. The SMILES string of the molecule is Cc1cccc(NC(=O)c2cnn3c2NC(C(=O)O)=C[C@H]3c2ccccc2Br)c1. The molecule has 1 amide bonds. The number of anilines is 2. The maximum Gasteiger partial charge on any atom is 0.352 e. The molecule has 0 bridgehead atoms. The molecule has 7 nitrogen and oxygen atoms in total. The molecule has 1 aliphatic heterocycles. The summed E-state index contributed by atoms with van der Waals surface area (Å²) in [4.78, 5) is 24.5. The summed E-state index contributed by atoms with van der Waals surface area (Å²) < 4.78 is 2.43. The third kappa shape index (κ3) is 3.66. The number of halogens is 1. The van der Waals surface area contributed by atoms with E-state index in [1.165, 1.54) is 6.20 Å². The third-order valence-corrected chi connectivity index (χ3v) is 5.33. The molecule has 29 heavy (non-hydrogen) atoms. The van der Waals surface area contributed by atoms with Gasteiger partial charge in [0.1, 0.15) is 23.1 Å². The number of carbonyl (C=O) groups excluding carboxylic acids is 1. The summed E-state index contributed by atoms with van der Waals surface area (Å²) in [5.74, 6) is -1.16. The van der Waals surface area contributed by atoms with E-state index in [1.807, 2.05) is 49.4 Å². The van der Waals surface area contributed by atoms with Crippen LogP contribution in [0.25, 0.3) is 0 Å². The smallest absolute Gasteiger partial charge is 0.352 e. The number of hydrogen-bond acceptors (Lipinski definition) is 4. The standard InChI is InChI=1S/C21H17BrN4O3/c1-12-5-4-6-13(9-12)24-20(27)15-11-23-26-18(14-7-2-3-8-16(14)22)10-17(21(28)29)25-19(15)26/h2-11,18,25H,1H3,(H,24,27)(H,28,29)/t18-/m0/s1. The fraction of sp³-hybridized carbons (Fsp3) is 0.0952. The Kier molecular flexibility index (Phi) is 4.94. The monoisotopic (exact) mass is 452 g/mol. The van der Waals surface area contributed by atoms with Crippen LogP contribution in [0.3, 0.4) is 0 Å². The number of benzene rings is 2. The number of aromatic nitrogens is 2. The molecule has 0 radical (unpaired) electrons. The molecule has 3 N–H and O–H groups in total. The Balaban J connectivity index is 1.74. The van der Waals surface area contributed by atoms with Gasteiger partial charge in [0.15, 0.2) is 0 Å². The van der Waals surface area contributed by atoms with Crippen molar-refractivity contribution >= 4 is 39.3 Å². The molecular weight excluding hydrogens is 436 g/mol. The first kappa shape index (κ1) is 18.9. The number of aryl methyl sites for hydroxylation is 1. The summed E-state index contributed by atoms with van der Waals surface area (Å²) in [7, 11) is 0. The number of fused-ring (bicyclic) bond motifs is 1. The topological polar surface area (TPSA) is 96.3 Å². The van der Waals surface area contributed by atoms with Gasteiger partial charge in [-0.05, 0) is 42.3 Å². The number of carboxylic acid groups (broad SMARTS) is 1. The lowest BCUT2D eigenvalue weighted by Gasteiger charge is -2.25. The summed E-state index contributed by atoms with van der Waals surface area (Å²) in [6.07, 6.45) is 3.01. The molecule has 2 aromatic carbocycles. The predicted molar refractivity (Wildman–Crippen MR) is 113 cm³/mol. The van der Waals surface area contributed by atoms with Crippen LogP contribution in [0.1, 0.15) is 27.5 Å². The van der Waals surface area contributed by atoms with Crippen LogP contribution in [-0.4, -0.2) is 26.8 Å². The fourth-order valence-electron chi connectivity index (χ4n) is 3.24. The van der Waals surface area contributed by atoms with Crippen LogP contribution in [0, 0.1) is 6.92 Å². The average molecular weight is 453 g/mol. The highest BCUT2D eigenvalue weighted by molar-refractivity contribution is 9.10. The average Bonchev–Trinajstić information content (AvgIpc) is 3.12. The zero-order valence-corrected chi connectivity index (χ0v) is 17.0. The number of nitrogens with one attached hydrogen (secondary N) is 2. The number of carbonyl (C=O) groups is 2. The van der Waals surface area contributed by atoms with E-state index in [0.717, 1.165) is 15.6 Å². The predicted octanol–water partition coefficient (Wildman–Crippen LogP) is 4.19. The molecular formula is C21H17BrN4O3. The highest BCUT2D eigenvalue weighted by atomic mass is 79.9. The van der Waals surface area contributed by atoms with Crippen LogP contribution < -0.4 is 10.6 Å². The summed E-state index contributed by atoms with van der Waals surface area (Å²) in [6, 6.07) is 14.5. The van der Waals surface area contributed by atoms with Gasteiger partial charge in [-0.2, -0.15) is 5.10 Å². The van der Waals surface area contributed by atoms with Crippen molar-refractivity contribution in [3.8, 4) is 0 Å². The quantitative estimate of drug-likeness (QED) is 0.551. The lowest BCUT2D eigenvalue weighted by atomic mass is 10.0. The molecule has 0 unspecified atom stereocenters. The van der Waals surface area contributed by atoms with E-state index in [2.05, 4.69) is 31.7 Å². The van der Waals surface area contributed by atoms with Crippen LogP contribution in [0.15, 0.2) is 71.0 Å².